The van der Waals surface area contributed by atoms with Gasteiger partial charge in [0.1, 0.15) is 11.7 Å². The van der Waals surface area contributed by atoms with Crippen LogP contribution in [0.4, 0.5) is 17.1 Å². The number of nitrogens with zero attached hydrogens (tertiary/aromatic N) is 5. The smallest absolute Gasteiger partial charge is 0.135 e. The molecule has 0 atom stereocenters. The van der Waals surface area contributed by atoms with E-state index in [0.29, 0.717) is 17.5 Å². The van der Waals surface area contributed by atoms with Gasteiger partial charge in [-0.2, -0.15) is 30.6 Å². The first-order chi connectivity index (χ1) is 19.5. The molecular formula is C34H28N5OPt-3. The maximum atomic E-state index is 6.25. The molecule has 0 aliphatic carbocycles. The third-order valence-corrected chi connectivity index (χ3v) is 7.18. The molecule has 7 rings (SSSR count). The van der Waals surface area contributed by atoms with Crippen molar-refractivity contribution < 1.29 is 25.8 Å². The van der Waals surface area contributed by atoms with Gasteiger partial charge < -0.3 is 19.1 Å². The molecule has 6 nitrogen and oxygen atoms in total. The molecule has 0 fully saturated rings. The zero-order chi connectivity index (χ0) is 27.2. The first kappa shape index (κ1) is 27.0. The monoisotopic (exact) mass is 717 g/mol. The Morgan fingerprint density at radius 3 is 2.49 bits per heavy atom. The van der Waals surface area contributed by atoms with Crippen LogP contribution >= 0.6 is 0 Å². The van der Waals surface area contributed by atoms with E-state index < -0.39 is 0 Å². The van der Waals surface area contributed by atoms with Gasteiger partial charge in [-0.1, -0.05) is 49.7 Å². The average molecular weight is 718 g/mol. The number of anilines is 3. The molecule has 0 amide bonds. The molecule has 3 aromatic heterocycles. The summed E-state index contributed by atoms with van der Waals surface area (Å²) in [6.07, 6.45) is 4.64. The molecule has 0 unspecified atom stereocenters. The Morgan fingerprint density at radius 2 is 1.63 bits per heavy atom. The van der Waals surface area contributed by atoms with Crippen molar-refractivity contribution in [3.05, 3.63) is 116 Å². The molecule has 1 aliphatic heterocycles. The molecule has 0 bridgehead atoms. The molecule has 0 radical (unpaired) electrons. The quantitative estimate of drug-likeness (QED) is 0.164. The molecule has 4 heterocycles. The molecular weight excluding hydrogens is 689 g/mol. The number of pyridine rings is 2. The Morgan fingerprint density at radius 1 is 0.854 bits per heavy atom. The molecule has 3 aromatic carbocycles. The van der Waals surface area contributed by atoms with Gasteiger partial charge in [0.15, 0.2) is 0 Å². The van der Waals surface area contributed by atoms with Crippen LogP contribution in [0.1, 0.15) is 19.4 Å². The summed E-state index contributed by atoms with van der Waals surface area (Å²) in [6, 6.07) is 33.7. The first-order valence-electron chi connectivity index (χ1n) is 13.5. The predicted octanol–water partition coefficient (Wildman–Crippen LogP) is 7.87. The van der Waals surface area contributed by atoms with Gasteiger partial charge in [0.25, 0.3) is 0 Å². The van der Waals surface area contributed by atoms with E-state index in [9.17, 15) is 0 Å². The van der Waals surface area contributed by atoms with Crippen LogP contribution in [0.3, 0.4) is 0 Å². The van der Waals surface area contributed by atoms with Gasteiger partial charge in [0.05, 0.1) is 0 Å². The van der Waals surface area contributed by atoms with E-state index >= 15 is 0 Å². The second kappa shape index (κ2) is 11.0. The van der Waals surface area contributed by atoms with Crippen LogP contribution in [-0.2, 0) is 27.5 Å². The van der Waals surface area contributed by atoms with Gasteiger partial charge in [-0.15, -0.1) is 17.5 Å². The van der Waals surface area contributed by atoms with Gasteiger partial charge in [0.2, 0.25) is 0 Å². The molecule has 0 spiro atoms. The minimum Gasteiger partial charge on any atom is -0.504 e. The molecule has 208 valence electrons. The summed E-state index contributed by atoms with van der Waals surface area (Å²) >= 11 is 0. The Balaban J connectivity index is 0.00000302. The van der Waals surface area contributed by atoms with E-state index in [1.165, 1.54) is 5.56 Å². The first-order valence-corrected chi connectivity index (χ1v) is 13.5. The summed E-state index contributed by atoms with van der Waals surface area (Å²) in [6.45, 7) is 6.50. The van der Waals surface area contributed by atoms with Crippen LogP contribution in [-0.4, -0.2) is 21.6 Å². The normalized spacial score (nSPS) is 12.7. The van der Waals surface area contributed by atoms with Gasteiger partial charge >= 0.3 is 0 Å². The SMILES string of the molecule is CC(C)Cc1ccnc(-n2c3[c-]c(Oc4[c-]c(N5[CH-]N(C)c6ccccc65)ccn4)ccc3c3ccccc32)c1.[Pt]. The third-order valence-electron chi connectivity index (χ3n) is 7.18. The molecule has 7 heteroatoms. The summed E-state index contributed by atoms with van der Waals surface area (Å²) in [7, 11) is 2.04. The fourth-order valence-corrected chi connectivity index (χ4v) is 5.46. The number of hydrogen-bond donors (Lipinski definition) is 0. The number of benzene rings is 3. The largest absolute Gasteiger partial charge is 0.504 e. The van der Waals surface area contributed by atoms with Crippen molar-refractivity contribution >= 4 is 38.9 Å². The second-order valence-electron chi connectivity index (χ2n) is 10.5. The van der Waals surface area contributed by atoms with Crippen molar-refractivity contribution in [3.8, 4) is 17.4 Å². The minimum absolute atomic E-state index is 0. The molecule has 0 saturated heterocycles. The number of fused-ring (bicyclic) bond motifs is 4. The van der Waals surface area contributed by atoms with Crippen molar-refractivity contribution in [1.82, 2.24) is 14.5 Å². The number of ether oxygens (including phenoxy) is 1. The Kier molecular flexibility index (Phi) is 7.27. The van der Waals surface area contributed by atoms with Crippen LogP contribution in [0.25, 0.3) is 27.6 Å². The number of aromatic nitrogens is 3. The summed E-state index contributed by atoms with van der Waals surface area (Å²) in [5, 5.41) is 2.24. The van der Waals surface area contributed by atoms with E-state index in [4.69, 9.17) is 9.72 Å². The maximum Gasteiger partial charge on any atom is 0.135 e. The van der Waals surface area contributed by atoms with Crippen LogP contribution in [0, 0.1) is 24.7 Å². The molecule has 0 saturated carbocycles. The zero-order valence-electron chi connectivity index (χ0n) is 23.0. The van der Waals surface area contributed by atoms with Crippen molar-refractivity contribution in [2.45, 2.75) is 20.3 Å². The summed E-state index contributed by atoms with van der Waals surface area (Å²) in [5.41, 5.74) is 6.32. The van der Waals surface area contributed by atoms with Crippen LogP contribution in [0.15, 0.2) is 91.3 Å². The van der Waals surface area contributed by atoms with E-state index in [1.54, 1.807) is 6.20 Å². The van der Waals surface area contributed by atoms with E-state index in [1.807, 2.05) is 44.2 Å². The van der Waals surface area contributed by atoms with Crippen LogP contribution in [0.2, 0.25) is 0 Å². The van der Waals surface area contributed by atoms with E-state index in [2.05, 4.69) is 99.9 Å². The summed E-state index contributed by atoms with van der Waals surface area (Å²) in [5.74, 6) is 2.38. The average Bonchev–Trinajstić information content (AvgIpc) is 3.47. The fraction of sp³-hybridized carbons (Fsp3) is 0.147. The zero-order valence-corrected chi connectivity index (χ0v) is 25.3. The van der Waals surface area contributed by atoms with E-state index in [-0.39, 0.29) is 21.1 Å². The molecule has 1 aliphatic rings. The Bertz CT molecular complexity index is 1860. The second-order valence-corrected chi connectivity index (χ2v) is 10.5. The summed E-state index contributed by atoms with van der Waals surface area (Å²) in [4.78, 5) is 13.4. The topological polar surface area (TPSA) is 46.4 Å². The number of rotatable bonds is 6. The molecule has 6 aromatic rings. The maximum absolute atomic E-state index is 6.25. The van der Waals surface area contributed by atoms with Crippen molar-refractivity contribution in [2.24, 2.45) is 5.92 Å². The standard InChI is InChI=1S/C34H28N5O.Pt/c1-23(2)18-24-14-16-35-33(19-24)39-29-9-5-4-8-27(29)28-13-12-26(21-32(28)39)40-34-20-25(15-17-36-34)38-22-37(3)30-10-6-7-11-31(30)38;/h4-17,19,22-23H,18H2,1-3H3;/q-3;. The molecule has 0 N–H and O–H groups in total. The third kappa shape index (κ3) is 4.98. The number of hydrogen-bond acceptors (Lipinski definition) is 5. The van der Waals surface area contributed by atoms with Crippen molar-refractivity contribution in [2.75, 3.05) is 16.8 Å². The molecule has 41 heavy (non-hydrogen) atoms. The Labute approximate surface area is 254 Å². The minimum atomic E-state index is 0. The Hall–Kier alpha value is -4.15. The van der Waals surface area contributed by atoms with Gasteiger partial charge in [-0.3, -0.25) is 4.98 Å². The summed E-state index contributed by atoms with van der Waals surface area (Å²) < 4.78 is 8.42. The van der Waals surface area contributed by atoms with Crippen molar-refractivity contribution in [3.63, 3.8) is 0 Å². The number of para-hydroxylation sites is 3. The fourth-order valence-electron chi connectivity index (χ4n) is 5.46. The predicted molar refractivity (Wildman–Crippen MR) is 160 cm³/mol. The van der Waals surface area contributed by atoms with Crippen LogP contribution in [0.5, 0.6) is 11.6 Å². The van der Waals surface area contributed by atoms with Gasteiger partial charge in [-0.05, 0) is 66.9 Å². The van der Waals surface area contributed by atoms with Crippen LogP contribution < -0.4 is 14.5 Å². The van der Waals surface area contributed by atoms with Crippen molar-refractivity contribution in [1.29, 1.82) is 0 Å². The van der Waals surface area contributed by atoms with Gasteiger partial charge in [0, 0.05) is 49.9 Å². The van der Waals surface area contributed by atoms with E-state index in [0.717, 1.165) is 51.1 Å². The van der Waals surface area contributed by atoms with Gasteiger partial charge in [-0.25, -0.2) is 4.98 Å².